The average Bonchev–Trinajstić information content (AvgIpc) is 2.66. The van der Waals surface area contributed by atoms with E-state index in [1.165, 1.54) is 5.56 Å². The fourth-order valence-corrected chi connectivity index (χ4v) is 1.86. The summed E-state index contributed by atoms with van der Waals surface area (Å²) in [6.45, 7) is 2.60. The Balaban J connectivity index is 2.36. The van der Waals surface area contributed by atoms with Crippen molar-refractivity contribution in [3.8, 4) is 6.07 Å². The first-order valence-corrected chi connectivity index (χ1v) is 5.65. The molecule has 92 valence electrons. The van der Waals surface area contributed by atoms with Crippen molar-refractivity contribution in [1.82, 2.24) is 9.78 Å². The lowest BCUT2D eigenvalue weighted by atomic mass is 10.1. The summed E-state index contributed by atoms with van der Waals surface area (Å²) < 4.78 is 1.64. The van der Waals surface area contributed by atoms with Crippen LogP contribution in [0.3, 0.4) is 0 Å². The maximum atomic E-state index is 9.03. The van der Waals surface area contributed by atoms with Gasteiger partial charge < -0.3 is 11.1 Å². The number of nitrogens with two attached hydrogens (primary N) is 1. The number of hydrogen-bond donors (Lipinski definition) is 2. The molecule has 3 N–H and O–H groups in total. The van der Waals surface area contributed by atoms with Gasteiger partial charge in [-0.05, 0) is 12.5 Å². The van der Waals surface area contributed by atoms with Crippen LogP contribution in [0, 0.1) is 18.3 Å². The molecule has 0 spiro atoms. The van der Waals surface area contributed by atoms with Gasteiger partial charge in [-0.1, -0.05) is 29.8 Å². The van der Waals surface area contributed by atoms with Crippen molar-refractivity contribution >= 4 is 11.6 Å². The Labute approximate surface area is 106 Å². The molecule has 1 aromatic carbocycles. The highest BCUT2D eigenvalue weighted by molar-refractivity contribution is 5.63. The Morgan fingerprint density at radius 1 is 1.50 bits per heavy atom. The first-order chi connectivity index (χ1) is 8.65. The second-order valence-electron chi connectivity index (χ2n) is 4.12. The third-order valence-electron chi connectivity index (χ3n) is 2.76. The highest BCUT2D eigenvalue weighted by Gasteiger charge is 2.14. The SMILES string of the molecule is CNc1nn(Cc2cccc(C)c2)c(N)c1C#N. The lowest BCUT2D eigenvalue weighted by Crippen LogP contribution is -2.06. The van der Waals surface area contributed by atoms with Gasteiger partial charge in [-0.2, -0.15) is 10.4 Å². The minimum atomic E-state index is 0.392. The van der Waals surface area contributed by atoms with Crippen molar-refractivity contribution in [2.45, 2.75) is 13.5 Å². The van der Waals surface area contributed by atoms with Crippen molar-refractivity contribution in [2.24, 2.45) is 0 Å². The Bertz CT molecular complexity index is 606. The molecule has 0 saturated heterocycles. The van der Waals surface area contributed by atoms with Crippen LogP contribution in [0.25, 0.3) is 0 Å². The lowest BCUT2D eigenvalue weighted by molar-refractivity contribution is 0.699. The summed E-state index contributed by atoms with van der Waals surface area (Å²) in [6, 6.07) is 10.2. The third kappa shape index (κ3) is 2.13. The molecule has 0 aliphatic heterocycles. The standard InChI is InChI=1S/C13H15N5/c1-9-4-3-5-10(6-9)8-18-12(15)11(7-14)13(16-2)17-18/h3-6H,8,15H2,1-2H3,(H,16,17). The number of nitrogens with one attached hydrogen (secondary N) is 1. The number of nitrogens with zero attached hydrogens (tertiary/aromatic N) is 3. The van der Waals surface area contributed by atoms with Crippen molar-refractivity contribution in [3.05, 3.63) is 41.0 Å². The van der Waals surface area contributed by atoms with E-state index in [0.29, 0.717) is 23.7 Å². The molecule has 0 amide bonds. The van der Waals surface area contributed by atoms with E-state index in [2.05, 4.69) is 22.6 Å². The summed E-state index contributed by atoms with van der Waals surface area (Å²) in [7, 11) is 1.72. The van der Waals surface area contributed by atoms with E-state index in [4.69, 9.17) is 11.0 Å². The molecule has 0 radical (unpaired) electrons. The summed E-state index contributed by atoms with van der Waals surface area (Å²) in [5, 5.41) is 16.2. The van der Waals surface area contributed by atoms with Gasteiger partial charge in [0, 0.05) is 7.05 Å². The fraction of sp³-hybridized carbons (Fsp3) is 0.231. The highest BCUT2D eigenvalue weighted by atomic mass is 15.3. The molecule has 0 bridgehead atoms. The van der Waals surface area contributed by atoms with Crippen LogP contribution in [0.15, 0.2) is 24.3 Å². The molecule has 0 unspecified atom stereocenters. The molecule has 5 nitrogen and oxygen atoms in total. The molecule has 0 fully saturated rings. The van der Waals surface area contributed by atoms with E-state index in [0.717, 1.165) is 5.56 Å². The van der Waals surface area contributed by atoms with Gasteiger partial charge >= 0.3 is 0 Å². The molecule has 18 heavy (non-hydrogen) atoms. The van der Waals surface area contributed by atoms with E-state index in [9.17, 15) is 0 Å². The predicted octanol–water partition coefficient (Wildman–Crippen LogP) is 1.74. The summed E-state index contributed by atoms with van der Waals surface area (Å²) in [5.41, 5.74) is 8.60. The van der Waals surface area contributed by atoms with Gasteiger partial charge in [0.1, 0.15) is 17.5 Å². The summed E-state index contributed by atoms with van der Waals surface area (Å²) in [5.74, 6) is 0.908. The number of hydrogen-bond acceptors (Lipinski definition) is 4. The Morgan fingerprint density at radius 2 is 2.28 bits per heavy atom. The van der Waals surface area contributed by atoms with Gasteiger partial charge in [0.05, 0.1) is 6.54 Å². The monoisotopic (exact) mass is 241 g/mol. The number of rotatable bonds is 3. The first-order valence-electron chi connectivity index (χ1n) is 5.65. The zero-order valence-corrected chi connectivity index (χ0v) is 10.4. The molecular formula is C13H15N5. The molecule has 0 atom stereocenters. The van der Waals surface area contributed by atoms with E-state index < -0.39 is 0 Å². The van der Waals surface area contributed by atoms with Crippen LogP contribution < -0.4 is 11.1 Å². The topological polar surface area (TPSA) is 79.7 Å². The second-order valence-corrected chi connectivity index (χ2v) is 4.12. The van der Waals surface area contributed by atoms with E-state index >= 15 is 0 Å². The number of benzene rings is 1. The highest BCUT2D eigenvalue weighted by Crippen LogP contribution is 2.21. The lowest BCUT2D eigenvalue weighted by Gasteiger charge is -2.04. The van der Waals surface area contributed by atoms with Crippen LogP contribution in [-0.4, -0.2) is 16.8 Å². The molecule has 1 heterocycles. The van der Waals surface area contributed by atoms with Crippen LogP contribution in [-0.2, 0) is 6.54 Å². The Morgan fingerprint density at radius 3 is 2.83 bits per heavy atom. The van der Waals surface area contributed by atoms with Gasteiger partial charge in [0.25, 0.3) is 0 Å². The molecule has 2 rings (SSSR count). The summed E-state index contributed by atoms with van der Waals surface area (Å²) >= 11 is 0. The average molecular weight is 241 g/mol. The smallest absolute Gasteiger partial charge is 0.168 e. The molecular weight excluding hydrogens is 226 g/mol. The molecule has 5 heteroatoms. The molecule has 0 saturated carbocycles. The quantitative estimate of drug-likeness (QED) is 0.857. The number of nitriles is 1. The van der Waals surface area contributed by atoms with Crippen molar-refractivity contribution < 1.29 is 0 Å². The largest absolute Gasteiger partial charge is 0.383 e. The maximum Gasteiger partial charge on any atom is 0.168 e. The molecule has 2 aromatic rings. The second kappa shape index (κ2) is 4.80. The number of nitrogen functional groups attached to an aromatic ring is 1. The third-order valence-corrected chi connectivity index (χ3v) is 2.76. The van der Waals surface area contributed by atoms with Gasteiger partial charge in [-0.25, -0.2) is 4.68 Å². The van der Waals surface area contributed by atoms with E-state index in [1.807, 2.05) is 25.1 Å². The number of aromatic nitrogens is 2. The van der Waals surface area contributed by atoms with Crippen LogP contribution in [0.2, 0.25) is 0 Å². The molecule has 0 aliphatic rings. The van der Waals surface area contributed by atoms with Crippen LogP contribution >= 0.6 is 0 Å². The van der Waals surface area contributed by atoms with E-state index in [1.54, 1.807) is 11.7 Å². The molecule has 1 aromatic heterocycles. The minimum absolute atomic E-state index is 0.392. The Kier molecular flexibility index (Phi) is 3.20. The van der Waals surface area contributed by atoms with Crippen LogP contribution in [0.1, 0.15) is 16.7 Å². The fourth-order valence-electron chi connectivity index (χ4n) is 1.86. The van der Waals surface area contributed by atoms with Crippen LogP contribution in [0.5, 0.6) is 0 Å². The van der Waals surface area contributed by atoms with Gasteiger partial charge in [0.2, 0.25) is 0 Å². The van der Waals surface area contributed by atoms with Gasteiger partial charge in [-0.15, -0.1) is 0 Å². The normalized spacial score (nSPS) is 10.1. The maximum absolute atomic E-state index is 9.03. The summed E-state index contributed by atoms with van der Waals surface area (Å²) in [4.78, 5) is 0. The van der Waals surface area contributed by atoms with Crippen LogP contribution in [0.4, 0.5) is 11.6 Å². The Hall–Kier alpha value is -2.48. The zero-order chi connectivity index (χ0) is 13.1. The number of aryl methyl sites for hydroxylation is 1. The first kappa shape index (κ1) is 12.0. The van der Waals surface area contributed by atoms with E-state index in [-0.39, 0.29) is 0 Å². The van der Waals surface area contributed by atoms with Crippen molar-refractivity contribution in [2.75, 3.05) is 18.1 Å². The predicted molar refractivity (Wildman–Crippen MR) is 71.2 cm³/mol. The molecule has 0 aliphatic carbocycles. The minimum Gasteiger partial charge on any atom is -0.383 e. The summed E-state index contributed by atoms with van der Waals surface area (Å²) in [6.07, 6.45) is 0. The van der Waals surface area contributed by atoms with Crippen molar-refractivity contribution in [1.29, 1.82) is 5.26 Å². The van der Waals surface area contributed by atoms with Gasteiger partial charge in [0.15, 0.2) is 5.82 Å². The zero-order valence-electron chi connectivity index (χ0n) is 10.4. The van der Waals surface area contributed by atoms with Crippen molar-refractivity contribution in [3.63, 3.8) is 0 Å². The van der Waals surface area contributed by atoms with Gasteiger partial charge in [-0.3, -0.25) is 0 Å². The number of anilines is 2.